The molecule has 3 N–H and O–H groups in total. The second-order valence-corrected chi connectivity index (χ2v) is 5.59. The third-order valence-electron chi connectivity index (χ3n) is 3.61. The number of nitrogens with zero attached hydrogens (tertiary/aromatic N) is 1. The van der Waals surface area contributed by atoms with Gasteiger partial charge in [-0.3, -0.25) is 4.79 Å². The molecular formula is C16H18N2O3. The van der Waals surface area contributed by atoms with Gasteiger partial charge in [-0.25, -0.2) is 4.98 Å². The highest BCUT2D eigenvalue weighted by Gasteiger charge is 2.25. The fourth-order valence-electron chi connectivity index (χ4n) is 2.40. The van der Waals surface area contributed by atoms with Gasteiger partial charge < -0.3 is 15.6 Å². The Morgan fingerprint density at radius 2 is 2.14 bits per heavy atom. The van der Waals surface area contributed by atoms with Crippen LogP contribution in [0.1, 0.15) is 47.5 Å². The van der Waals surface area contributed by atoms with Crippen LogP contribution in [0.25, 0.3) is 10.9 Å². The molecule has 1 unspecified atom stereocenters. The molecule has 1 fully saturated rings. The van der Waals surface area contributed by atoms with Crippen molar-refractivity contribution in [3.63, 3.8) is 0 Å². The molecule has 1 saturated carbocycles. The van der Waals surface area contributed by atoms with Crippen molar-refractivity contribution < 1.29 is 14.6 Å². The molecule has 110 valence electrons. The number of benzene rings is 1. The monoisotopic (exact) mass is 286 g/mol. The van der Waals surface area contributed by atoms with Crippen LogP contribution in [-0.4, -0.2) is 22.1 Å². The third kappa shape index (κ3) is 2.69. The zero-order chi connectivity index (χ0) is 15.1. The van der Waals surface area contributed by atoms with Gasteiger partial charge in [0.15, 0.2) is 0 Å². The van der Waals surface area contributed by atoms with E-state index in [0.717, 1.165) is 23.8 Å². The first-order chi connectivity index (χ1) is 9.95. The number of rotatable bonds is 4. The Hall–Kier alpha value is -2.14. The number of aliphatic hydroxyl groups excluding tert-OH is 1. The highest BCUT2D eigenvalue weighted by molar-refractivity contribution is 5.99. The van der Waals surface area contributed by atoms with Crippen molar-refractivity contribution >= 4 is 16.8 Å². The number of hydrogen-bond acceptors (Lipinski definition) is 4. The quantitative estimate of drug-likeness (QED) is 0.902. The van der Waals surface area contributed by atoms with Gasteiger partial charge in [0.2, 0.25) is 5.91 Å². The molecule has 5 heteroatoms. The summed E-state index contributed by atoms with van der Waals surface area (Å²) in [5.41, 5.74) is 7.94. The van der Waals surface area contributed by atoms with Crippen molar-refractivity contribution in [2.45, 2.75) is 38.9 Å². The van der Waals surface area contributed by atoms with Gasteiger partial charge in [0.25, 0.3) is 0 Å². The van der Waals surface area contributed by atoms with Crippen LogP contribution in [0, 0.1) is 6.92 Å². The maximum absolute atomic E-state index is 11.5. The summed E-state index contributed by atoms with van der Waals surface area (Å²) >= 11 is 0. The van der Waals surface area contributed by atoms with Gasteiger partial charge in [0.05, 0.1) is 17.9 Å². The highest BCUT2D eigenvalue weighted by Crippen LogP contribution is 2.34. The minimum atomic E-state index is -0.654. The number of amides is 1. The van der Waals surface area contributed by atoms with E-state index in [2.05, 4.69) is 4.98 Å². The smallest absolute Gasteiger partial charge is 0.248 e. The minimum Gasteiger partial charge on any atom is -0.488 e. The molecule has 0 aliphatic heterocycles. The van der Waals surface area contributed by atoms with E-state index >= 15 is 0 Å². The van der Waals surface area contributed by atoms with E-state index in [-0.39, 0.29) is 6.10 Å². The molecule has 0 saturated heterocycles. The Labute approximate surface area is 122 Å². The Kier molecular flexibility index (Phi) is 3.29. The number of pyridine rings is 1. The number of aliphatic hydroxyl groups is 1. The van der Waals surface area contributed by atoms with Crippen molar-refractivity contribution in [1.29, 1.82) is 0 Å². The molecular weight excluding hydrogens is 268 g/mol. The molecule has 1 aliphatic rings. The maximum atomic E-state index is 11.5. The van der Waals surface area contributed by atoms with E-state index < -0.39 is 12.0 Å². The molecule has 1 amide bonds. The fourth-order valence-corrected chi connectivity index (χ4v) is 2.40. The number of fused-ring (bicyclic) bond motifs is 1. The zero-order valence-electron chi connectivity index (χ0n) is 12.1. The first-order valence-corrected chi connectivity index (χ1v) is 7.05. The van der Waals surface area contributed by atoms with E-state index in [1.54, 1.807) is 19.1 Å². The summed E-state index contributed by atoms with van der Waals surface area (Å²) in [6.07, 6.45) is 1.56. The van der Waals surface area contributed by atoms with Gasteiger partial charge in [-0.2, -0.15) is 0 Å². The highest BCUT2D eigenvalue weighted by atomic mass is 16.5. The minimum absolute atomic E-state index is 0.189. The molecule has 0 spiro atoms. The Morgan fingerprint density at radius 1 is 1.43 bits per heavy atom. The van der Waals surface area contributed by atoms with Gasteiger partial charge in [-0.15, -0.1) is 0 Å². The lowest BCUT2D eigenvalue weighted by Crippen LogP contribution is -2.12. The predicted molar refractivity (Wildman–Crippen MR) is 79.3 cm³/mol. The molecule has 5 nitrogen and oxygen atoms in total. The lowest BCUT2D eigenvalue weighted by Gasteiger charge is -2.14. The van der Waals surface area contributed by atoms with Crippen molar-refractivity contribution in [1.82, 2.24) is 4.98 Å². The van der Waals surface area contributed by atoms with Gasteiger partial charge >= 0.3 is 0 Å². The number of ether oxygens (including phenoxy) is 1. The number of hydrogen-bond donors (Lipinski definition) is 2. The van der Waals surface area contributed by atoms with E-state index in [9.17, 15) is 9.90 Å². The van der Waals surface area contributed by atoms with E-state index in [4.69, 9.17) is 10.5 Å². The summed E-state index contributed by atoms with van der Waals surface area (Å²) in [5, 5.41) is 10.6. The van der Waals surface area contributed by atoms with Crippen LogP contribution in [-0.2, 0) is 0 Å². The van der Waals surface area contributed by atoms with Gasteiger partial charge in [0.1, 0.15) is 11.3 Å². The molecule has 0 radical (unpaired) electrons. The van der Waals surface area contributed by atoms with Gasteiger partial charge in [-0.05, 0) is 50.5 Å². The molecule has 1 heterocycles. The molecule has 1 aliphatic carbocycles. The van der Waals surface area contributed by atoms with Crippen molar-refractivity contribution in [2.24, 2.45) is 5.73 Å². The average molecular weight is 286 g/mol. The van der Waals surface area contributed by atoms with Crippen molar-refractivity contribution in [2.75, 3.05) is 0 Å². The summed E-state index contributed by atoms with van der Waals surface area (Å²) < 4.78 is 5.85. The van der Waals surface area contributed by atoms with E-state index in [1.807, 2.05) is 13.0 Å². The third-order valence-corrected chi connectivity index (χ3v) is 3.61. The van der Waals surface area contributed by atoms with E-state index in [0.29, 0.717) is 22.5 Å². The summed E-state index contributed by atoms with van der Waals surface area (Å²) in [5.74, 6) is 0.0699. The lowest BCUT2D eigenvalue weighted by atomic mass is 10.0. The molecule has 1 aromatic heterocycles. The molecule has 1 aromatic carbocycles. The maximum Gasteiger partial charge on any atom is 0.248 e. The summed E-state index contributed by atoms with van der Waals surface area (Å²) in [6, 6.07) is 5.25. The lowest BCUT2D eigenvalue weighted by molar-refractivity contribution is 0.1000. The Morgan fingerprint density at radius 3 is 2.71 bits per heavy atom. The zero-order valence-corrected chi connectivity index (χ0v) is 12.1. The summed E-state index contributed by atoms with van der Waals surface area (Å²) in [4.78, 5) is 16.0. The van der Waals surface area contributed by atoms with Crippen LogP contribution < -0.4 is 10.5 Å². The predicted octanol–water partition coefficient (Wildman–Crippen LogP) is 2.24. The van der Waals surface area contributed by atoms with Crippen molar-refractivity contribution in [3.05, 3.63) is 35.0 Å². The van der Waals surface area contributed by atoms with E-state index in [1.165, 1.54) is 0 Å². The van der Waals surface area contributed by atoms with Crippen LogP contribution in [0.5, 0.6) is 5.75 Å². The normalized spacial score (nSPS) is 16.0. The van der Waals surface area contributed by atoms with Crippen LogP contribution in [0.2, 0.25) is 0 Å². The van der Waals surface area contributed by atoms with Crippen LogP contribution in [0.4, 0.5) is 0 Å². The largest absolute Gasteiger partial charge is 0.488 e. The number of primary amides is 1. The topological polar surface area (TPSA) is 85.4 Å². The van der Waals surface area contributed by atoms with Crippen LogP contribution >= 0.6 is 0 Å². The number of nitrogens with two attached hydrogens (primary N) is 1. The van der Waals surface area contributed by atoms with Crippen molar-refractivity contribution in [3.8, 4) is 5.75 Å². The second-order valence-electron chi connectivity index (χ2n) is 5.59. The Balaban J connectivity index is 2.22. The first-order valence-electron chi connectivity index (χ1n) is 7.05. The van der Waals surface area contributed by atoms with Crippen LogP contribution in [0.15, 0.2) is 18.2 Å². The first kappa shape index (κ1) is 13.8. The number of aryl methyl sites for hydroxylation is 1. The van der Waals surface area contributed by atoms with Gasteiger partial charge in [0, 0.05) is 10.9 Å². The van der Waals surface area contributed by atoms with Crippen LogP contribution in [0.3, 0.4) is 0 Å². The number of carbonyl (C=O) groups is 1. The number of aromatic nitrogens is 1. The molecule has 1 atom stereocenters. The standard InChI is InChI=1S/C16H18N2O3/c1-8-5-10-6-11(16(17)20)7-13(21-12-3-4-12)15(10)18-14(8)9(2)19/h5-7,9,12,19H,3-4H2,1-2H3,(H2,17,20). The average Bonchev–Trinajstić information content (AvgIpc) is 3.21. The molecule has 3 rings (SSSR count). The molecule has 21 heavy (non-hydrogen) atoms. The molecule has 0 bridgehead atoms. The SMILES string of the molecule is Cc1cc2cc(C(N)=O)cc(OC3CC3)c2nc1C(C)O. The summed E-state index contributed by atoms with van der Waals surface area (Å²) in [7, 11) is 0. The summed E-state index contributed by atoms with van der Waals surface area (Å²) in [6.45, 7) is 3.56. The fraction of sp³-hybridized carbons (Fsp3) is 0.375. The second kappa shape index (κ2) is 5.00. The number of carbonyl (C=O) groups excluding carboxylic acids is 1. The molecule has 2 aromatic rings. The van der Waals surface area contributed by atoms with Gasteiger partial charge in [-0.1, -0.05) is 0 Å². The Bertz CT molecular complexity index is 721.